The average molecular weight is 335 g/mol. The van der Waals surface area contributed by atoms with Crippen molar-refractivity contribution in [3.8, 4) is 0 Å². The van der Waals surface area contributed by atoms with Crippen molar-refractivity contribution in [2.75, 3.05) is 25.5 Å². The minimum absolute atomic E-state index is 0.0941. The highest BCUT2D eigenvalue weighted by atomic mass is 32.1. The number of anilines is 1. The van der Waals surface area contributed by atoms with E-state index in [0.29, 0.717) is 6.61 Å². The summed E-state index contributed by atoms with van der Waals surface area (Å²) in [5.74, 6) is -0.656. The van der Waals surface area contributed by atoms with Gasteiger partial charge in [0.15, 0.2) is 0 Å². The van der Waals surface area contributed by atoms with Crippen LogP contribution in [0, 0.1) is 0 Å². The minimum atomic E-state index is -3.16. The van der Waals surface area contributed by atoms with E-state index in [1.54, 1.807) is 6.92 Å². The van der Waals surface area contributed by atoms with Crippen molar-refractivity contribution in [2.24, 2.45) is 0 Å². The number of amides is 1. The van der Waals surface area contributed by atoms with Gasteiger partial charge in [0, 0.05) is 13.5 Å². The Kier molecular flexibility index (Phi) is 6.90. The molecule has 0 spiro atoms. The number of hydrogen-bond donors (Lipinski definition) is 3. The van der Waals surface area contributed by atoms with Gasteiger partial charge in [0.05, 0.1) is 13.0 Å². The van der Waals surface area contributed by atoms with Gasteiger partial charge >= 0.3 is 5.97 Å². The Morgan fingerprint density at radius 1 is 1.38 bits per heavy atom. The lowest BCUT2D eigenvalue weighted by Crippen LogP contribution is -2.29. The average Bonchev–Trinajstić information content (AvgIpc) is 2.87. The molecular weight excluding hydrogens is 317 g/mol. The van der Waals surface area contributed by atoms with Gasteiger partial charge in [-0.05, 0) is 14.0 Å². The lowest BCUT2D eigenvalue weighted by molar-refractivity contribution is -0.142. The van der Waals surface area contributed by atoms with Crippen molar-refractivity contribution < 1.29 is 18.9 Å². The topological polar surface area (TPSA) is 122 Å². The van der Waals surface area contributed by atoms with Crippen LogP contribution in [0.25, 0.3) is 0 Å². The number of aromatic nitrogens is 2. The molecule has 11 heteroatoms. The summed E-state index contributed by atoms with van der Waals surface area (Å²) >= 11 is 1.00. The molecule has 0 aliphatic carbocycles. The van der Waals surface area contributed by atoms with Crippen LogP contribution in [0.1, 0.15) is 20.3 Å². The van der Waals surface area contributed by atoms with Crippen LogP contribution in [0.5, 0.6) is 0 Å². The van der Waals surface area contributed by atoms with E-state index < -0.39 is 7.44 Å². The Balaban J connectivity index is 2.66. The molecule has 118 valence electrons. The normalized spacial score (nSPS) is 13.5. The van der Waals surface area contributed by atoms with Crippen molar-refractivity contribution in [3.05, 3.63) is 0 Å². The molecular formula is C10H18N5O4PS. The predicted molar refractivity (Wildman–Crippen MR) is 79.8 cm³/mol. The molecule has 0 bridgehead atoms. The van der Waals surface area contributed by atoms with E-state index in [1.165, 1.54) is 14.0 Å². The maximum atomic E-state index is 12.6. The van der Waals surface area contributed by atoms with E-state index in [-0.39, 0.29) is 34.7 Å². The van der Waals surface area contributed by atoms with Gasteiger partial charge in [-0.1, -0.05) is 11.3 Å². The largest absolute Gasteiger partial charge is 0.466 e. The van der Waals surface area contributed by atoms with E-state index >= 15 is 0 Å². The van der Waals surface area contributed by atoms with Gasteiger partial charge in [0.2, 0.25) is 15.8 Å². The molecule has 1 aromatic rings. The van der Waals surface area contributed by atoms with Gasteiger partial charge < -0.3 is 10.1 Å². The molecule has 0 aromatic carbocycles. The zero-order chi connectivity index (χ0) is 15.9. The van der Waals surface area contributed by atoms with Crippen molar-refractivity contribution in [1.29, 1.82) is 0 Å². The number of nitrogens with zero attached hydrogens (tertiary/aromatic N) is 2. The van der Waals surface area contributed by atoms with Crippen molar-refractivity contribution in [2.45, 2.75) is 20.3 Å². The van der Waals surface area contributed by atoms with Gasteiger partial charge in [0.1, 0.15) is 0 Å². The zero-order valence-corrected chi connectivity index (χ0v) is 13.7. The number of esters is 1. The molecule has 21 heavy (non-hydrogen) atoms. The summed E-state index contributed by atoms with van der Waals surface area (Å²) in [4.78, 5) is 22.2. The first kappa shape index (κ1) is 17.7. The fourth-order valence-corrected chi connectivity index (χ4v) is 4.19. The highest BCUT2D eigenvalue weighted by Gasteiger charge is 2.27. The first-order valence-electron chi connectivity index (χ1n) is 6.22. The molecule has 0 aliphatic heterocycles. The van der Waals surface area contributed by atoms with Crippen LogP contribution >= 0.6 is 18.8 Å². The molecule has 9 nitrogen and oxygen atoms in total. The molecule has 1 aromatic heterocycles. The minimum Gasteiger partial charge on any atom is -0.466 e. The van der Waals surface area contributed by atoms with Crippen LogP contribution in [0.2, 0.25) is 0 Å². The standard InChI is InChI=1S/C10H18N5O4PS/c1-4-19-8(17)5-6-12-20(18,11-3)10-15-14-9(21-10)13-7(2)16/h4-6H2,1-3H3,(H2,11,12,18)(H,13,14,16). The lowest BCUT2D eigenvalue weighted by atomic mass is 10.4. The fraction of sp³-hybridized carbons (Fsp3) is 0.600. The molecule has 0 aliphatic rings. The SMILES string of the molecule is CCOC(=O)CCNP(=O)(NC)c1nnc(NC(C)=O)s1. The maximum Gasteiger partial charge on any atom is 0.307 e. The predicted octanol–water partition coefficient (Wildman–Crippen LogP) is 0.0771. The third-order valence-corrected chi connectivity index (χ3v) is 5.86. The number of carbonyl (C=O) groups is 2. The Morgan fingerprint density at radius 3 is 2.67 bits per heavy atom. The third-order valence-electron chi connectivity index (χ3n) is 2.25. The molecule has 1 heterocycles. The first-order chi connectivity index (χ1) is 9.91. The second-order valence-corrected chi connectivity index (χ2v) is 7.55. The Hall–Kier alpha value is -1.35. The summed E-state index contributed by atoms with van der Waals surface area (Å²) in [6.45, 7) is 3.54. The summed E-state index contributed by atoms with van der Waals surface area (Å²) in [6.07, 6.45) is 0.0941. The number of nitrogens with one attached hydrogen (secondary N) is 3. The van der Waals surface area contributed by atoms with E-state index in [1.807, 2.05) is 0 Å². The summed E-state index contributed by atoms with van der Waals surface area (Å²) in [5, 5.41) is 15.7. The summed E-state index contributed by atoms with van der Waals surface area (Å²) < 4.78 is 17.6. The molecule has 0 saturated carbocycles. The van der Waals surface area contributed by atoms with Gasteiger partial charge in [-0.25, -0.2) is 5.09 Å². The van der Waals surface area contributed by atoms with Crippen LogP contribution in [0.4, 0.5) is 5.13 Å². The molecule has 1 rings (SSSR count). The quantitative estimate of drug-likeness (QED) is 0.451. The van der Waals surface area contributed by atoms with Crippen molar-refractivity contribution in [1.82, 2.24) is 20.4 Å². The molecule has 1 amide bonds. The highest BCUT2D eigenvalue weighted by Crippen LogP contribution is 2.35. The van der Waals surface area contributed by atoms with E-state index in [2.05, 4.69) is 25.7 Å². The first-order valence-corrected chi connectivity index (χ1v) is 8.75. The van der Waals surface area contributed by atoms with Gasteiger partial charge in [-0.3, -0.25) is 19.2 Å². The van der Waals surface area contributed by atoms with E-state index in [0.717, 1.165) is 11.3 Å². The van der Waals surface area contributed by atoms with E-state index in [9.17, 15) is 14.2 Å². The Labute approximate surface area is 126 Å². The van der Waals surface area contributed by atoms with Crippen molar-refractivity contribution in [3.63, 3.8) is 0 Å². The summed E-state index contributed by atoms with van der Waals surface area (Å²) in [7, 11) is -1.65. The van der Waals surface area contributed by atoms with E-state index in [4.69, 9.17) is 4.74 Å². The summed E-state index contributed by atoms with van der Waals surface area (Å²) in [6, 6.07) is 0. The smallest absolute Gasteiger partial charge is 0.307 e. The maximum absolute atomic E-state index is 12.6. The van der Waals surface area contributed by atoms with Crippen LogP contribution in [0.15, 0.2) is 0 Å². The van der Waals surface area contributed by atoms with Crippen LogP contribution in [0.3, 0.4) is 0 Å². The number of carbonyl (C=O) groups excluding carboxylic acids is 2. The van der Waals surface area contributed by atoms with Gasteiger partial charge in [0.25, 0.3) is 7.44 Å². The molecule has 3 N–H and O–H groups in total. The molecule has 0 fully saturated rings. The van der Waals surface area contributed by atoms with Gasteiger partial charge in [-0.2, -0.15) is 0 Å². The van der Waals surface area contributed by atoms with Crippen LogP contribution in [-0.4, -0.2) is 42.3 Å². The highest BCUT2D eigenvalue weighted by molar-refractivity contribution is 7.73. The summed E-state index contributed by atoms with van der Waals surface area (Å²) in [5.41, 5.74) is 0. The molecule has 0 radical (unpaired) electrons. The molecule has 1 unspecified atom stereocenters. The number of rotatable bonds is 8. The second-order valence-electron chi connectivity index (χ2n) is 3.87. The molecule has 1 atom stereocenters. The van der Waals surface area contributed by atoms with Gasteiger partial charge in [-0.15, -0.1) is 10.2 Å². The monoisotopic (exact) mass is 335 g/mol. The van der Waals surface area contributed by atoms with Crippen LogP contribution < -0.4 is 20.2 Å². The van der Waals surface area contributed by atoms with Crippen LogP contribution in [-0.2, 0) is 18.9 Å². The third kappa shape index (κ3) is 5.50. The lowest BCUT2D eigenvalue weighted by Gasteiger charge is -2.15. The van der Waals surface area contributed by atoms with Crippen molar-refractivity contribution >= 4 is 40.5 Å². The number of ether oxygens (including phenoxy) is 1. The second kappa shape index (κ2) is 8.18. The zero-order valence-electron chi connectivity index (χ0n) is 12.0. The molecule has 0 saturated heterocycles. The number of hydrogen-bond acceptors (Lipinski definition) is 7. The Morgan fingerprint density at radius 2 is 2.10 bits per heavy atom. The Bertz CT molecular complexity index is 549. The fourth-order valence-electron chi connectivity index (χ4n) is 1.33.